The van der Waals surface area contributed by atoms with Crippen molar-refractivity contribution in [2.75, 3.05) is 18.9 Å². The Balaban J connectivity index is 1.60. The van der Waals surface area contributed by atoms with Crippen molar-refractivity contribution in [3.05, 3.63) is 59.7 Å². The molecule has 4 nitrogen and oxygen atoms in total. The molecule has 0 amide bonds. The van der Waals surface area contributed by atoms with Gasteiger partial charge in [-0.15, -0.1) is 0 Å². The Morgan fingerprint density at radius 2 is 1.87 bits per heavy atom. The van der Waals surface area contributed by atoms with Crippen LogP contribution in [-0.4, -0.2) is 27.3 Å². The quantitative estimate of drug-likeness (QED) is 0.856. The second-order valence-corrected chi connectivity index (χ2v) is 7.84. The largest absolute Gasteiger partial charge is 0.492 e. The molecule has 122 valence electrons. The molecule has 5 heteroatoms. The molecule has 1 unspecified atom stereocenters. The molecule has 0 aliphatic carbocycles. The highest BCUT2D eigenvalue weighted by Gasteiger charge is 2.29. The molecule has 0 aromatic heterocycles. The van der Waals surface area contributed by atoms with Crippen LogP contribution in [0.1, 0.15) is 23.6 Å². The number of sulfone groups is 1. The average molecular weight is 331 g/mol. The van der Waals surface area contributed by atoms with Gasteiger partial charge in [0.2, 0.25) is 0 Å². The van der Waals surface area contributed by atoms with Crippen molar-refractivity contribution in [1.82, 2.24) is 5.32 Å². The van der Waals surface area contributed by atoms with E-state index >= 15 is 0 Å². The van der Waals surface area contributed by atoms with Gasteiger partial charge in [-0.1, -0.05) is 36.4 Å². The maximum atomic E-state index is 12.1. The number of rotatable bonds is 5. The van der Waals surface area contributed by atoms with E-state index < -0.39 is 9.84 Å². The van der Waals surface area contributed by atoms with Gasteiger partial charge in [0.25, 0.3) is 0 Å². The molecule has 0 radical (unpaired) electrons. The van der Waals surface area contributed by atoms with Gasteiger partial charge in [-0.2, -0.15) is 0 Å². The summed E-state index contributed by atoms with van der Waals surface area (Å²) in [5.41, 5.74) is 1.98. The lowest BCUT2D eigenvalue weighted by Gasteiger charge is -2.26. The van der Waals surface area contributed by atoms with Crippen LogP contribution in [0.15, 0.2) is 53.4 Å². The summed E-state index contributed by atoms with van der Waals surface area (Å²) in [6.45, 7) is 3.24. The van der Waals surface area contributed by atoms with Gasteiger partial charge in [-0.3, -0.25) is 0 Å². The molecule has 1 aliphatic rings. The third kappa shape index (κ3) is 3.57. The Labute approximate surface area is 137 Å². The van der Waals surface area contributed by atoms with E-state index in [2.05, 4.69) is 5.32 Å². The van der Waals surface area contributed by atoms with E-state index in [-0.39, 0.29) is 11.8 Å². The highest BCUT2D eigenvalue weighted by Crippen LogP contribution is 2.31. The van der Waals surface area contributed by atoms with Crippen molar-refractivity contribution in [3.63, 3.8) is 0 Å². The van der Waals surface area contributed by atoms with Crippen molar-refractivity contribution < 1.29 is 13.2 Å². The summed E-state index contributed by atoms with van der Waals surface area (Å²) in [5, 5.41) is 3.42. The Morgan fingerprint density at radius 3 is 2.70 bits per heavy atom. The van der Waals surface area contributed by atoms with E-state index in [1.807, 2.05) is 43.3 Å². The SMILES string of the molecule is Cc1ccccc1OCCNC1CCS(=O)(=O)c2ccccc21. The molecule has 1 atom stereocenters. The van der Waals surface area contributed by atoms with Crippen LogP contribution in [0.4, 0.5) is 0 Å². The molecule has 1 heterocycles. The van der Waals surface area contributed by atoms with Gasteiger partial charge in [0.15, 0.2) is 9.84 Å². The highest BCUT2D eigenvalue weighted by molar-refractivity contribution is 7.91. The Bertz CT molecular complexity index is 786. The fourth-order valence-corrected chi connectivity index (χ4v) is 4.54. The zero-order chi connectivity index (χ0) is 16.3. The molecule has 1 aliphatic heterocycles. The smallest absolute Gasteiger partial charge is 0.178 e. The Morgan fingerprint density at radius 1 is 1.13 bits per heavy atom. The number of fused-ring (bicyclic) bond motifs is 1. The summed E-state index contributed by atoms with van der Waals surface area (Å²) >= 11 is 0. The van der Waals surface area contributed by atoms with Gasteiger partial charge in [0.1, 0.15) is 12.4 Å². The van der Waals surface area contributed by atoms with Crippen LogP contribution in [-0.2, 0) is 9.84 Å². The average Bonchev–Trinajstić information content (AvgIpc) is 2.55. The maximum Gasteiger partial charge on any atom is 0.178 e. The van der Waals surface area contributed by atoms with E-state index in [4.69, 9.17) is 4.74 Å². The van der Waals surface area contributed by atoms with Crippen molar-refractivity contribution in [3.8, 4) is 5.75 Å². The normalized spacial score (nSPS) is 19.1. The van der Waals surface area contributed by atoms with Crippen LogP contribution in [0.2, 0.25) is 0 Å². The first kappa shape index (κ1) is 16.0. The number of hydrogen-bond acceptors (Lipinski definition) is 4. The second-order valence-electron chi connectivity index (χ2n) is 5.77. The lowest BCUT2D eigenvalue weighted by Crippen LogP contribution is -2.32. The van der Waals surface area contributed by atoms with Gasteiger partial charge in [0.05, 0.1) is 10.6 Å². The van der Waals surface area contributed by atoms with E-state index in [1.54, 1.807) is 12.1 Å². The lowest BCUT2D eigenvalue weighted by molar-refractivity contribution is 0.301. The van der Waals surface area contributed by atoms with Gasteiger partial charge >= 0.3 is 0 Å². The summed E-state index contributed by atoms with van der Waals surface area (Å²) in [7, 11) is -3.13. The van der Waals surface area contributed by atoms with Crippen LogP contribution in [0.25, 0.3) is 0 Å². The predicted molar refractivity (Wildman–Crippen MR) is 90.5 cm³/mol. The molecular weight excluding hydrogens is 310 g/mol. The Kier molecular flexibility index (Phi) is 4.68. The molecule has 0 fully saturated rings. The van der Waals surface area contributed by atoms with Crippen molar-refractivity contribution in [2.24, 2.45) is 0 Å². The van der Waals surface area contributed by atoms with Crippen LogP contribution in [0.5, 0.6) is 5.75 Å². The van der Waals surface area contributed by atoms with Crippen molar-refractivity contribution >= 4 is 9.84 Å². The Hall–Kier alpha value is -1.85. The van der Waals surface area contributed by atoms with E-state index in [0.717, 1.165) is 16.9 Å². The van der Waals surface area contributed by atoms with Crippen LogP contribution >= 0.6 is 0 Å². The molecule has 1 N–H and O–H groups in total. The van der Waals surface area contributed by atoms with Crippen LogP contribution in [0.3, 0.4) is 0 Å². The first-order valence-corrected chi connectivity index (χ1v) is 9.47. The van der Waals surface area contributed by atoms with Crippen molar-refractivity contribution in [2.45, 2.75) is 24.3 Å². The minimum atomic E-state index is -3.13. The first-order chi connectivity index (χ1) is 11.1. The topological polar surface area (TPSA) is 55.4 Å². The highest BCUT2D eigenvalue weighted by atomic mass is 32.2. The molecule has 0 spiro atoms. The van der Waals surface area contributed by atoms with E-state index in [9.17, 15) is 8.42 Å². The van der Waals surface area contributed by atoms with Crippen LogP contribution < -0.4 is 10.1 Å². The van der Waals surface area contributed by atoms with E-state index in [0.29, 0.717) is 24.5 Å². The fraction of sp³-hybridized carbons (Fsp3) is 0.333. The predicted octanol–water partition coefficient (Wildman–Crippen LogP) is 2.88. The van der Waals surface area contributed by atoms with E-state index in [1.165, 1.54) is 0 Å². The number of benzene rings is 2. The fourth-order valence-electron chi connectivity index (χ4n) is 2.91. The first-order valence-electron chi connectivity index (χ1n) is 7.81. The standard InChI is InChI=1S/C18H21NO3S/c1-14-6-2-4-8-17(14)22-12-11-19-16-10-13-23(20,21)18-9-5-3-7-15(16)18/h2-9,16,19H,10-13H2,1H3. The maximum absolute atomic E-state index is 12.1. The second kappa shape index (κ2) is 6.72. The van der Waals surface area contributed by atoms with Gasteiger partial charge in [0, 0.05) is 12.6 Å². The third-order valence-corrected chi connectivity index (χ3v) is 5.96. The zero-order valence-corrected chi connectivity index (χ0v) is 14.0. The minimum absolute atomic E-state index is 0.0650. The molecule has 23 heavy (non-hydrogen) atoms. The molecule has 2 aromatic rings. The van der Waals surface area contributed by atoms with Crippen molar-refractivity contribution in [1.29, 1.82) is 0 Å². The lowest BCUT2D eigenvalue weighted by atomic mass is 10.0. The summed E-state index contributed by atoms with van der Waals surface area (Å²) < 4.78 is 30.0. The molecule has 3 rings (SSSR count). The summed E-state index contributed by atoms with van der Waals surface area (Å²) in [6.07, 6.45) is 0.601. The molecular formula is C18H21NO3S. The van der Waals surface area contributed by atoms with Gasteiger partial charge in [-0.05, 0) is 36.6 Å². The summed E-state index contributed by atoms with van der Waals surface area (Å²) in [5.74, 6) is 1.08. The molecule has 0 saturated heterocycles. The number of aryl methyl sites for hydroxylation is 1. The third-order valence-electron chi connectivity index (χ3n) is 4.15. The molecule has 0 saturated carbocycles. The molecule has 2 aromatic carbocycles. The number of ether oxygens (including phenoxy) is 1. The molecule has 0 bridgehead atoms. The monoisotopic (exact) mass is 331 g/mol. The van der Waals surface area contributed by atoms with Crippen LogP contribution in [0, 0.1) is 6.92 Å². The zero-order valence-electron chi connectivity index (χ0n) is 13.2. The minimum Gasteiger partial charge on any atom is -0.492 e. The number of para-hydroxylation sites is 1. The summed E-state index contributed by atoms with van der Waals surface area (Å²) in [4.78, 5) is 0.462. The summed E-state index contributed by atoms with van der Waals surface area (Å²) in [6, 6.07) is 15.2. The van der Waals surface area contributed by atoms with Gasteiger partial charge in [-0.25, -0.2) is 8.42 Å². The van der Waals surface area contributed by atoms with Gasteiger partial charge < -0.3 is 10.1 Å². The number of hydrogen-bond donors (Lipinski definition) is 1. The number of nitrogens with one attached hydrogen (secondary N) is 1.